The zero-order valence-corrected chi connectivity index (χ0v) is 11.0. The largest absolute Gasteiger partial charge is 0.493 e. The van der Waals surface area contributed by atoms with Crippen molar-refractivity contribution in [1.29, 1.82) is 0 Å². The van der Waals surface area contributed by atoms with Gasteiger partial charge in [-0.1, -0.05) is 36.4 Å². The standard InChI is InChI=1S/C17H19NO/c18-9-8-13-4-3-6-16(10-13)19-12-15-11-14-5-1-2-7-17(14)15/h1-7,10,15H,8-9,11-12,18H2. The Morgan fingerprint density at radius 3 is 2.84 bits per heavy atom. The lowest BCUT2D eigenvalue weighted by atomic mass is 9.78. The molecule has 0 heterocycles. The molecule has 1 atom stereocenters. The van der Waals surface area contributed by atoms with Crippen LogP contribution in [0.25, 0.3) is 0 Å². The number of benzene rings is 2. The molecule has 2 aromatic carbocycles. The average molecular weight is 253 g/mol. The molecule has 0 spiro atoms. The maximum atomic E-state index is 5.91. The van der Waals surface area contributed by atoms with Crippen molar-refractivity contribution in [3.63, 3.8) is 0 Å². The van der Waals surface area contributed by atoms with Gasteiger partial charge in [0.05, 0.1) is 6.61 Å². The summed E-state index contributed by atoms with van der Waals surface area (Å²) in [5.74, 6) is 1.50. The molecular formula is C17H19NO. The number of hydrogen-bond acceptors (Lipinski definition) is 2. The van der Waals surface area contributed by atoms with Crippen LogP contribution in [0.1, 0.15) is 22.6 Å². The van der Waals surface area contributed by atoms with E-state index in [1.165, 1.54) is 16.7 Å². The second-order valence-electron chi connectivity index (χ2n) is 5.10. The van der Waals surface area contributed by atoms with Crippen LogP contribution in [0.5, 0.6) is 5.75 Å². The van der Waals surface area contributed by atoms with Crippen LogP contribution in [-0.4, -0.2) is 13.2 Å². The lowest BCUT2D eigenvalue weighted by molar-refractivity contribution is 0.275. The van der Waals surface area contributed by atoms with Crippen molar-refractivity contribution < 1.29 is 4.74 Å². The Kier molecular flexibility index (Phi) is 3.51. The van der Waals surface area contributed by atoms with Crippen molar-refractivity contribution in [1.82, 2.24) is 0 Å². The fourth-order valence-electron chi connectivity index (χ4n) is 2.67. The Morgan fingerprint density at radius 2 is 2.00 bits per heavy atom. The number of rotatable bonds is 5. The molecule has 0 fully saturated rings. The summed E-state index contributed by atoms with van der Waals surface area (Å²) in [7, 11) is 0. The van der Waals surface area contributed by atoms with Crippen molar-refractivity contribution in [3.8, 4) is 5.75 Å². The number of nitrogens with two attached hydrogens (primary N) is 1. The van der Waals surface area contributed by atoms with Gasteiger partial charge in [-0.2, -0.15) is 0 Å². The third kappa shape index (κ3) is 2.64. The first-order valence-electron chi connectivity index (χ1n) is 6.86. The van der Waals surface area contributed by atoms with E-state index < -0.39 is 0 Å². The lowest BCUT2D eigenvalue weighted by Gasteiger charge is -2.29. The van der Waals surface area contributed by atoms with Gasteiger partial charge in [0.2, 0.25) is 0 Å². The second kappa shape index (κ2) is 5.45. The maximum Gasteiger partial charge on any atom is 0.119 e. The molecule has 2 aromatic rings. The van der Waals surface area contributed by atoms with E-state index >= 15 is 0 Å². The molecule has 1 unspecified atom stereocenters. The smallest absolute Gasteiger partial charge is 0.119 e. The zero-order chi connectivity index (χ0) is 13.1. The first-order chi connectivity index (χ1) is 9.36. The highest BCUT2D eigenvalue weighted by molar-refractivity contribution is 5.40. The van der Waals surface area contributed by atoms with Crippen LogP contribution < -0.4 is 10.5 Å². The number of fused-ring (bicyclic) bond motifs is 1. The number of hydrogen-bond donors (Lipinski definition) is 1. The summed E-state index contributed by atoms with van der Waals surface area (Å²) >= 11 is 0. The van der Waals surface area contributed by atoms with E-state index in [-0.39, 0.29) is 0 Å². The highest BCUT2D eigenvalue weighted by Crippen LogP contribution is 2.35. The topological polar surface area (TPSA) is 35.2 Å². The van der Waals surface area contributed by atoms with Crippen LogP contribution in [0.2, 0.25) is 0 Å². The molecule has 1 aliphatic carbocycles. The van der Waals surface area contributed by atoms with E-state index in [1.807, 2.05) is 12.1 Å². The highest BCUT2D eigenvalue weighted by atomic mass is 16.5. The molecule has 3 rings (SSSR count). The van der Waals surface area contributed by atoms with Gasteiger partial charge in [0.1, 0.15) is 5.75 Å². The molecule has 0 aliphatic heterocycles. The van der Waals surface area contributed by atoms with Gasteiger partial charge in [0.15, 0.2) is 0 Å². The number of ether oxygens (including phenoxy) is 1. The lowest BCUT2D eigenvalue weighted by Crippen LogP contribution is -2.23. The summed E-state index contributed by atoms with van der Waals surface area (Å²) in [5, 5.41) is 0. The van der Waals surface area contributed by atoms with E-state index in [0.29, 0.717) is 12.5 Å². The third-order valence-corrected chi connectivity index (χ3v) is 3.74. The van der Waals surface area contributed by atoms with Gasteiger partial charge in [-0.25, -0.2) is 0 Å². The Balaban J connectivity index is 1.60. The van der Waals surface area contributed by atoms with Crippen LogP contribution in [0, 0.1) is 0 Å². The Labute approximate surface area is 114 Å². The molecule has 0 aromatic heterocycles. The monoisotopic (exact) mass is 253 g/mol. The van der Waals surface area contributed by atoms with Gasteiger partial charge in [-0.05, 0) is 48.2 Å². The normalized spacial score (nSPS) is 16.6. The van der Waals surface area contributed by atoms with Crippen LogP contribution >= 0.6 is 0 Å². The van der Waals surface area contributed by atoms with Crippen molar-refractivity contribution in [2.24, 2.45) is 5.73 Å². The van der Waals surface area contributed by atoms with Gasteiger partial charge in [0.25, 0.3) is 0 Å². The fourth-order valence-corrected chi connectivity index (χ4v) is 2.67. The van der Waals surface area contributed by atoms with E-state index in [1.54, 1.807) is 0 Å². The molecule has 2 heteroatoms. The first-order valence-corrected chi connectivity index (χ1v) is 6.86. The maximum absolute atomic E-state index is 5.91. The summed E-state index contributed by atoms with van der Waals surface area (Å²) in [6, 6.07) is 16.9. The molecule has 0 bridgehead atoms. The fraction of sp³-hybridized carbons (Fsp3) is 0.294. The van der Waals surface area contributed by atoms with Gasteiger partial charge >= 0.3 is 0 Å². The van der Waals surface area contributed by atoms with Crippen LogP contribution in [0.15, 0.2) is 48.5 Å². The molecule has 19 heavy (non-hydrogen) atoms. The first kappa shape index (κ1) is 12.2. The molecule has 0 radical (unpaired) electrons. The minimum atomic E-state index is 0.550. The average Bonchev–Trinajstić information content (AvgIpc) is 2.41. The van der Waals surface area contributed by atoms with Crippen molar-refractivity contribution >= 4 is 0 Å². The van der Waals surface area contributed by atoms with Crippen molar-refractivity contribution in [2.75, 3.05) is 13.2 Å². The van der Waals surface area contributed by atoms with Crippen molar-refractivity contribution in [2.45, 2.75) is 18.8 Å². The molecule has 0 amide bonds. The minimum Gasteiger partial charge on any atom is -0.493 e. The van der Waals surface area contributed by atoms with Gasteiger partial charge in [-0.15, -0.1) is 0 Å². The van der Waals surface area contributed by atoms with Crippen LogP contribution in [0.4, 0.5) is 0 Å². The summed E-state index contributed by atoms with van der Waals surface area (Å²) in [6.45, 7) is 1.45. The van der Waals surface area contributed by atoms with Crippen LogP contribution in [0.3, 0.4) is 0 Å². The Bertz CT molecular complexity index is 565. The molecular weight excluding hydrogens is 234 g/mol. The Morgan fingerprint density at radius 1 is 1.11 bits per heavy atom. The summed E-state index contributed by atoms with van der Waals surface area (Å²) in [4.78, 5) is 0. The van der Waals surface area contributed by atoms with Gasteiger partial charge in [-0.3, -0.25) is 0 Å². The zero-order valence-electron chi connectivity index (χ0n) is 11.0. The molecule has 1 aliphatic rings. The SMILES string of the molecule is NCCc1cccc(OCC2Cc3ccccc32)c1. The minimum absolute atomic E-state index is 0.550. The summed E-state index contributed by atoms with van der Waals surface area (Å²) in [5.41, 5.74) is 9.73. The van der Waals surface area contributed by atoms with E-state index in [2.05, 4.69) is 36.4 Å². The Hall–Kier alpha value is -1.80. The summed E-state index contributed by atoms with van der Waals surface area (Å²) in [6.07, 6.45) is 2.04. The van der Waals surface area contributed by atoms with E-state index in [0.717, 1.165) is 25.2 Å². The predicted octanol–water partition coefficient (Wildman–Crippen LogP) is 2.91. The van der Waals surface area contributed by atoms with Gasteiger partial charge < -0.3 is 10.5 Å². The van der Waals surface area contributed by atoms with Crippen LogP contribution in [-0.2, 0) is 12.8 Å². The molecule has 2 nitrogen and oxygen atoms in total. The van der Waals surface area contributed by atoms with Gasteiger partial charge in [0, 0.05) is 5.92 Å². The highest BCUT2D eigenvalue weighted by Gasteiger charge is 2.25. The molecule has 2 N–H and O–H groups in total. The molecule has 0 saturated heterocycles. The second-order valence-corrected chi connectivity index (χ2v) is 5.10. The molecule has 98 valence electrons. The molecule has 0 saturated carbocycles. The predicted molar refractivity (Wildman–Crippen MR) is 77.6 cm³/mol. The van der Waals surface area contributed by atoms with Crippen molar-refractivity contribution in [3.05, 3.63) is 65.2 Å². The quantitative estimate of drug-likeness (QED) is 0.889. The third-order valence-electron chi connectivity index (χ3n) is 3.74. The van der Waals surface area contributed by atoms with E-state index in [4.69, 9.17) is 10.5 Å². The summed E-state index contributed by atoms with van der Waals surface area (Å²) < 4.78 is 5.91. The van der Waals surface area contributed by atoms with E-state index in [9.17, 15) is 0 Å².